The fraction of sp³-hybridized carbons (Fsp3) is 0.263. The van der Waals surface area contributed by atoms with E-state index in [1.54, 1.807) is 55.3 Å². The number of aromatic nitrogens is 4. The predicted octanol–water partition coefficient (Wildman–Crippen LogP) is 1.82. The summed E-state index contributed by atoms with van der Waals surface area (Å²) in [4.78, 5) is 24.5. The monoisotopic (exact) mass is 418 g/mol. The summed E-state index contributed by atoms with van der Waals surface area (Å²) in [5.41, 5.74) is -0.373. The number of carbonyl (C=O) groups excluding carboxylic acids is 1. The number of esters is 1. The lowest BCUT2D eigenvalue weighted by Crippen LogP contribution is -2.41. The van der Waals surface area contributed by atoms with Crippen LogP contribution in [0.2, 0.25) is 0 Å². The molecule has 0 unspecified atom stereocenters. The Balaban J connectivity index is 1.89. The van der Waals surface area contributed by atoms with Crippen LogP contribution in [0.25, 0.3) is 5.69 Å². The number of hydrogen-bond donors (Lipinski definition) is 0. The number of hydrogen-bond acceptors (Lipinski definition) is 7. The lowest BCUT2D eigenvalue weighted by atomic mass is 10.2. The van der Waals surface area contributed by atoms with Gasteiger partial charge in [-0.15, -0.1) is 0 Å². The van der Waals surface area contributed by atoms with E-state index in [0.29, 0.717) is 15.9 Å². The van der Waals surface area contributed by atoms with Crippen LogP contribution < -0.4 is 10.7 Å². The fourth-order valence-electron chi connectivity index (χ4n) is 2.74. The minimum Gasteiger partial charge on any atom is -0.462 e. The molecule has 3 aromatic rings. The summed E-state index contributed by atoms with van der Waals surface area (Å²) in [5, 5.41) is 10.7. The quantitative estimate of drug-likeness (QED) is 0.427. The van der Waals surface area contributed by atoms with Crippen molar-refractivity contribution in [3.05, 3.63) is 70.1 Å². The van der Waals surface area contributed by atoms with Crippen LogP contribution in [-0.4, -0.2) is 51.5 Å². The number of halogens is 2. The lowest BCUT2D eigenvalue weighted by Gasteiger charge is -2.30. The average Bonchev–Trinajstić information content (AvgIpc) is 3.06. The molecule has 0 fully saturated rings. The second-order valence-corrected chi connectivity index (χ2v) is 6.40. The van der Waals surface area contributed by atoms with E-state index in [1.807, 2.05) is 0 Å². The third-order valence-electron chi connectivity index (χ3n) is 4.22. The zero-order valence-corrected chi connectivity index (χ0v) is 16.6. The van der Waals surface area contributed by atoms with Gasteiger partial charge in [0, 0.05) is 14.1 Å². The molecule has 3 rings (SSSR count). The second-order valence-electron chi connectivity index (χ2n) is 6.40. The molecule has 0 N–H and O–H groups in total. The maximum atomic E-state index is 14.0. The predicted molar refractivity (Wildman–Crippen MR) is 104 cm³/mol. The summed E-state index contributed by atoms with van der Waals surface area (Å²) in [5.74, 6) is -2.29. The van der Waals surface area contributed by atoms with Crippen molar-refractivity contribution in [2.45, 2.75) is 13.6 Å². The first-order valence-corrected chi connectivity index (χ1v) is 9.02. The molecule has 0 bridgehead atoms. The molecule has 0 aliphatic heterocycles. The molecule has 0 atom stereocenters. The Labute approximate surface area is 170 Å². The van der Waals surface area contributed by atoms with E-state index < -0.39 is 29.0 Å². The van der Waals surface area contributed by atoms with Gasteiger partial charge in [-0.2, -0.15) is 9.36 Å². The van der Waals surface area contributed by atoms with Crippen LogP contribution in [0, 0.1) is 11.6 Å². The van der Waals surface area contributed by atoms with Gasteiger partial charge >= 0.3 is 11.7 Å². The van der Waals surface area contributed by atoms with Crippen molar-refractivity contribution in [3.8, 4) is 5.69 Å². The maximum Gasteiger partial charge on any atom is 0.370 e. The number of nitrogens with zero attached hydrogens (tertiary/aromatic N) is 6. The smallest absolute Gasteiger partial charge is 0.370 e. The van der Waals surface area contributed by atoms with Gasteiger partial charge < -0.3 is 4.74 Å². The highest BCUT2D eigenvalue weighted by Gasteiger charge is 2.19. The SMILES string of the molecule is CCOC(=O)c1ccc(N(Cn2nnn(-c3c(F)cccc3F)c2=O)N(C)C)cc1. The highest BCUT2D eigenvalue weighted by Crippen LogP contribution is 2.18. The maximum absolute atomic E-state index is 14.0. The van der Waals surface area contributed by atoms with Crippen molar-refractivity contribution in [2.75, 3.05) is 25.7 Å². The van der Waals surface area contributed by atoms with Crippen molar-refractivity contribution in [3.63, 3.8) is 0 Å². The highest BCUT2D eigenvalue weighted by atomic mass is 19.1. The molecular weight excluding hydrogens is 398 g/mol. The van der Waals surface area contributed by atoms with Gasteiger partial charge in [0.15, 0.2) is 11.6 Å². The molecule has 11 heteroatoms. The molecule has 0 amide bonds. The molecular formula is C19H20F2N6O3. The largest absolute Gasteiger partial charge is 0.462 e. The summed E-state index contributed by atoms with van der Waals surface area (Å²) in [7, 11) is 3.48. The minimum atomic E-state index is -0.928. The number of anilines is 1. The van der Waals surface area contributed by atoms with Gasteiger partial charge in [-0.1, -0.05) is 6.07 Å². The Morgan fingerprint density at radius 1 is 1.07 bits per heavy atom. The molecule has 1 aromatic heterocycles. The van der Waals surface area contributed by atoms with Crippen molar-refractivity contribution in [1.29, 1.82) is 0 Å². The molecule has 2 aromatic carbocycles. The fourth-order valence-corrected chi connectivity index (χ4v) is 2.74. The van der Waals surface area contributed by atoms with Crippen LogP contribution in [0.15, 0.2) is 47.3 Å². The van der Waals surface area contributed by atoms with Gasteiger partial charge in [0.1, 0.15) is 12.4 Å². The molecule has 9 nitrogen and oxygen atoms in total. The highest BCUT2D eigenvalue weighted by molar-refractivity contribution is 5.89. The zero-order chi connectivity index (χ0) is 21.8. The van der Waals surface area contributed by atoms with Crippen molar-refractivity contribution in [1.82, 2.24) is 24.8 Å². The summed E-state index contributed by atoms with van der Waals surface area (Å²) in [6.07, 6.45) is 0. The van der Waals surface area contributed by atoms with E-state index in [-0.39, 0.29) is 13.3 Å². The third-order valence-corrected chi connectivity index (χ3v) is 4.22. The van der Waals surface area contributed by atoms with Crippen LogP contribution in [0.1, 0.15) is 17.3 Å². The molecule has 0 aliphatic carbocycles. The van der Waals surface area contributed by atoms with Gasteiger partial charge in [-0.3, -0.25) is 5.01 Å². The first kappa shape index (κ1) is 21.1. The minimum absolute atomic E-state index is 0.0827. The van der Waals surface area contributed by atoms with Crippen LogP contribution in [-0.2, 0) is 11.4 Å². The van der Waals surface area contributed by atoms with Crippen molar-refractivity contribution >= 4 is 11.7 Å². The van der Waals surface area contributed by atoms with E-state index >= 15 is 0 Å². The molecule has 0 saturated carbocycles. The summed E-state index contributed by atoms with van der Waals surface area (Å²) >= 11 is 0. The number of benzene rings is 2. The van der Waals surface area contributed by atoms with Crippen molar-refractivity contribution < 1.29 is 18.3 Å². The number of rotatable bonds is 7. The molecule has 30 heavy (non-hydrogen) atoms. The Hall–Kier alpha value is -3.60. The van der Waals surface area contributed by atoms with E-state index in [9.17, 15) is 18.4 Å². The number of carbonyl (C=O) groups is 1. The molecule has 0 saturated heterocycles. The number of tetrazole rings is 1. The van der Waals surface area contributed by atoms with Gasteiger partial charge in [0.05, 0.1) is 17.9 Å². The number of para-hydroxylation sites is 1. The summed E-state index contributed by atoms with van der Waals surface area (Å²) in [6.45, 7) is 1.91. The number of hydrazine groups is 1. The zero-order valence-electron chi connectivity index (χ0n) is 16.6. The van der Waals surface area contributed by atoms with Crippen molar-refractivity contribution in [2.24, 2.45) is 0 Å². The van der Waals surface area contributed by atoms with Crippen LogP contribution in [0.5, 0.6) is 0 Å². The van der Waals surface area contributed by atoms with E-state index in [0.717, 1.165) is 16.8 Å². The third kappa shape index (κ3) is 4.20. The Bertz CT molecular complexity index is 1070. The van der Waals surface area contributed by atoms with E-state index in [4.69, 9.17) is 4.74 Å². The molecule has 0 radical (unpaired) electrons. The standard InChI is InChI=1S/C19H20F2N6O3/c1-4-30-18(28)13-8-10-14(11-9-13)26(24(2)3)12-25-19(29)27(23-22-25)17-15(20)6-5-7-16(17)21/h5-11H,4,12H2,1-3H3. The van der Waals surface area contributed by atoms with Gasteiger partial charge in [0.2, 0.25) is 0 Å². The summed E-state index contributed by atoms with van der Waals surface area (Å²) in [6, 6.07) is 9.80. The van der Waals surface area contributed by atoms with Crippen LogP contribution in [0.4, 0.5) is 14.5 Å². The normalized spacial score (nSPS) is 11.0. The topological polar surface area (TPSA) is 85.5 Å². The lowest BCUT2D eigenvalue weighted by molar-refractivity contribution is 0.0526. The summed E-state index contributed by atoms with van der Waals surface area (Å²) < 4.78 is 34.5. The van der Waals surface area contributed by atoms with E-state index in [2.05, 4.69) is 10.4 Å². The first-order chi connectivity index (χ1) is 14.3. The molecule has 0 aliphatic rings. The van der Waals surface area contributed by atoms with Crippen LogP contribution in [0.3, 0.4) is 0 Å². The Morgan fingerprint density at radius 3 is 2.27 bits per heavy atom. The van der Waals surface area contributed by atoms with E-state index in [1.165, 1.54) is 6.07 Å². The first-order valence-electron chi connectivity index (χ1n) is 9.02. The van der Waals surface area contributed by atoms with Gasteiger partial charge in [0.25, 0.3) is 0 Å². The van der Waals surface area contributed by atoms with Crippen LogP contribution >= 0.6 is 0 Å². The molecule has 1 heterocycles. The average molecular weight is 418 g/mol. The second kappa shape index (κ2) is 8.82. The number of ether oxygens (including phenoxy) is 1. The Morgan fingerprint density at radius 2 is 1.70 bits per heavy atom. The molecule has 158 valence electrons. The van der Waals surface area contributed by atoms with Gasteiger partial charge in [-0.05, 0) is 53.7 Å². The Kier molecular flexibility index (Phi) is 6.21. The van der Waals surface area contributed by atoms with Gasteiger partial charge in [-0.25, -0.2) is 23.4 Å². The molecule has 0 spiro atoms.